The fourth-order valence-corrected chi connectivity index (χ4v) is 4.46. The Kier molecular flexibility index (Phi) is 5.56. The van der Waals surface area contributed by atoms with E-state index in [0.29, 0.717) is 18.6 Å². The van der Waals surface area contributed by atoms with Gasteiger partial charge in [-0.1, -0.05) is 38.5 Å². The normalized spacial score (nSPS) is 29.6. The number of rotatable bonds is 4. The van der Waals surface area contributed by atoms with Crippen LogP contribution in [0.2, 0.25) is 0 Å². The van der Waals surface area contributed by atoms with Gasteiger partial charge in [0.25, 0.3) is 0 Å². The summed E-state index contributed by atoms with van der Waals surface area (Å²) in [5.41, 5.74) is 0. The standard InChI is InChI=1S/C18H32N2O/c21-18(19-16-10-4-2-1-3-5-11-16)14-20-13-7-12-17(20)15-8-6-9-15/h15-17H,1-14H2,(H,19,21)/t17-/m0/s1. The molecule has 1 saturated heterocycles. The van der Waals surface area contributed by atoms with E-state index in [4.69, 9.17) is 0 Å². The van der Waals surface area contributed by atoms with Crippen molar-refractivity contribution in [1.82, 2.24) is 10.2 Å². The van der Waals surface area contributed by atoms with Crippen molar-refractivity contribution in [2.45, 2.75) is 89.1 Å². The van der Waals surface area contributed by atoms with Crippen LogP contribution in [0.25, 0.3) is 0 Å². The molecule has 0 aromatic heterocycles. The predicted octanol–water partition coefficient (Wildman–Crippen LogP) is 3.48. The quantitative estimate of drug-likeness (QED) is 0.860. The molecule has 3 fully saturated rings. The highest BCUT2D eigenvalue weighted by atomic mass is 16.2. The van der Waals surface area contributed by atoms with Gasteiger partial charge in [-0.2, -0.15) is 0 Å². The van der Waals surface area contributed by atoms with Crippen molar-refractivity contribution in [1.29, 1.82) is 0 Å². The predicted molar refractivity (Wildman–Crippen MR) is 86.2 cm³/mol. The summed E-state index contributed by atoms with van der Waals surface area (Å²) in [6.45, 7) is 1.79. The van der Waals surface area contributed by atoms with E-state index in [1.807, 2.05) is 0 Å². The monoisotopic (exact) mass is 292 g/mol. The van der Waals surface area contributed by atoms with Crippen molar-refractivity contribution in [3.63, 3.8) is 0 Å². The lowest BCUT2D eigenvalue weighted by molar-refractivity contribution is -0.123. The number of amides is 1. The van der Waals surface area contributed by atoms with Gasteiger partial charge in [0, 0.05) is 12.1 Å². The molecule has 0 bridgehead atoms. The van der Waals surface area contributed by atoms with Crippen molar-refractivity contribution in [2.75, 3.05) is 13.1 Å². The Bertz CT molecular complexity index is 332. The average Bonchev–Trinajstić information content (AvgIpc) is 2.78. The topological polar surface area (TPSA) is 32.3 Å². The molecule has 3 aliphatic rings. The van der Waals surface area contributed by atoms with Crippen LogP contribution in [0.1, 0.15) is 77.0 Å². The Morgan fingerprint density at radius 3 is 2.24 bits per heavy atom. The van der Waals surface area contributed by atoms with Crippen LogP contribution >= 0.6 is 0 Å². The second-order valence-corrected chi connectivity index (χ2v) is 7.48. The molecule has 21 heavy (non-hydrogen) atoms. The van der Waals surface area contributed by atoms with E-state index >= 15 is 0 Å². The first-order valence-corrected chi connectivity index (χ1v) is 9.36. The van der Waals surface area contributed by atoms with Crippen LogP contribution in [-0.2, 0) is 4.79 Å². The van der Waals surface area contributed by atoms with Crippen molar-refractivity contribution in [2.24, 2.45) is 5.92 Å². The molecular formula is C18H32N2O. The number of hydrogen-bond acceptors (Lipinski definition) is 2. The minimum atomic E-state index is 0.284. The molecule has 2 saturated carbocycles. The third-order valence-corrected chi connectivity index (χ3v) is 5.93. The zero-order valence-corrected chi connectivity index (χ0v) is 13.5. The van der Waals surface area contributed by atoms with Gasteiger partial charge in [0.05, 0.1) is 6.54 Å². The maximum atomic E-state index is 12.4. The molecule has 3 nitrogen and oxygen atoms in total. The number of hydrogen-bond donors (Lipinski definition) is 1. The molecule has 0 spiro atoms. The number of nitrogens with one attached hydrogen (secondary N) is 1. The number of likely N-dealkylation sites (tertiary alicyclic amines) is 1. The van der Waals surface area contributed by atoms with Crippen LogP contribution < -0.4 is 5.32 Å². The van der Waals surface area contributed by atoms with Crippen molar-refractivity contribution in [3.8, 4) is 0 Å². The molecule has 0 aromatic carbocycles. The van der Waals surface area contributed by atoms with Crippen molar-refractivity contribution >= 4 is 5.91 Å². The summed E-state index contributed by atoms with van der Waals surface area (Å²) in [4.78, 5) is 14.9. The first-order valence-electron chi connectivity index (χ1n) is 9.36. The highest BCUT2D eigenvalue weighted by Gasteiger charge is 2.35. The summed E-state index contributed by atoms with van der Waals surface area (Å²) < 4.78 is 0. The van der Waals surface area contributed by atoms with Crippen LogP contribution in [0.4, 0.5) is 0 Å². The smallest absolute Gasteiger partial charge is 0.234 e. The van der Waals surface area contributed by atoms with Crippen LogP contribution in [0.3, 0.4) is 0 Å². The highest BCUT2D eigenvalue weighted by molar-refractivity contribution is 5.78. The molecule has 0 aromatic rings. The van der Waals surface area contributed by atoms with E-state index in [9.17, 15) is 4.79 Å². The molecule has 1 N–H and O–H groups in total. The summed E-state index contributed by atoms with van der Waals surface area (Å²) in [6, 6.07) is 1.16. The molecule has 3 rings (SSSR count). The summed E-state index contributed by atoms with van der Waals surface area (Å²) in [7, 11) is 0. The molecule has 1 atom stereocenters. The van der Waals surface area contributed by atoms with E-state index in [1.165, 1.54) is 77.0 Å². The maximum Gasteiger partial charge on any atom is 0.234 e. The Morgan fingerprint density at radius 1 is 0.857 bits per heavy atom. The third-order valence-electron chi connectivity index (χ3n) is 5.93. The van der Waals surface area contributed by atoms with Crippen molar-refractivity contribution < 1.29 is 4.79 Å². The van der Waals surface area contributed by atoms with Crippen LogP contribution in [0.5, 0.6) is 0 Å². The Labute approximate surface area is 129 Å². The zero-order valence-electron chi connectivity index (χ0n) is 13.5. The molecule has 2 aliphatic carbocycles. The molecule has 1 amide bonds. The van der Waals surface area contributed by atoms with E-state index in [1.54, 1.807) is 0 Å². The van der Waals surface area contributed by atoms with Gasteiger partial charge in [0.15, 0.2) is 0 Å². The highest BCUT2D eigenvalue weighted by Crippen LogP contribution is 2.36. The van der Waals surface area contributed by atoms with Gasteiger partial charge >= 0.3 is 0 Å². The second-order valence-electron chi connectivity index (χ2n) is 7.48. The van der Waals surface area contributed by atoms with E-state index in [0.717, 1.165) is 12.5 Å². The van der Waals surface area contributed by atoms with Gasteiger partial charge in [0.1, 0.15) is 0 Å². The van der Waals surface area contributed by atoms with Gasteiger partial charge in [-0.15, -0.1) is 0 Å². The van der Waals surface area contributed by atoms with Gasteiger partial charge < -0.3 is 5.32 Å². The van der Waals surface area contributed by atoms with Gasteiger partial charge in [-0.3, -0.25) is 9.69 Å². The molecule has 1 aliphatic heterocycles. The lowest BCUT2D eigenvalue weighted by Crippen LogP contribution is -2.46. The first-order chi connectivity index (χ1) is 10.3. The minimum Gasteiger partial charge on any atom is -0.352 e. The summed E-state index contributed by atoms with van der Waals surface area (Å²) in [5.74, 6) is 1.17. The summed E-state index contributed by atoms with van der Waals surface area (Å²) >= 11 is 0. The van der Waals surface area contributed by atoms with Gasteiger partial charge in [-0.25, -0.2) is 0 Å². The lowest BCUT2D eigenvalue weighted by atomic mass is 9.79. The molecule has 0 unspecified atom stereocenters. The fourth-order valence-electron chi connectivity index (χ4n) is 4.46. The third kappa shape index (κ3) is 4.21. The van der Waals surface area contributed by atoms with Crippen molar-refractivity contribution in [3.05, 3.63) is 0 Å². The molecule has 1 heterocycles. The maximum absolute atomic E-state index is 12.4. The number of carbonyl (C=O) groups excluding carboxylic acids is 1. The molecule has 3 heteroatoms. The van der Waals surface area contributed by atoms with E-state index < -0.39 is 0 Å². The number of nitrogens with zero attached hydrogens (tertiary/aromatic N) is 1. The minimum absolute atomic E-state index is 0.284. The second kappa shape index (κ2) is 7.62. The average molecular weight is 292 g/mol. The largest absolute Gasteiger partial charge is 0.352 e. The lowest BCUT2D eigenvalue weighted by Gasteiger charge is -2.37. The van der Waals surface area contributed by atoms with E-state index in [2.05, 4.69) is 10.2 Å². The van der Waals surface area contributed by atoms with Crippen LogP contribution in [0.15, 0.2) is 0 Å². The van der Waals surface area contributed by atoms with Crippen LogP contribution in [0, 0.1) is 5.92 Å². The summed E-state index contributed by atoms with van der Waals surface area (Å²) in [6.07, 6.45) is 15.9. The molecule has 120 valence electrons. The van der Waals surface area contributed by atoms with Crippen LogP contribution in [-0.4, -0.2) is 36.0 Å². The number of carbonyl (C=O) groups is 1. The van der Waals surface area contributed by atoms with Gasteiger partial charge in [-0.05, 0) is 51.0 Å². The molecular weight excluding hydrogens is 260 g/mol. The summed E-state index contributed by atoms with van der Waals surface area (Å²) in [5, 5.41) is 3.33. The van der Waals surface area contributed by atoms with E-state index in [-0.39, 0.29) is 5.91 Å². The Hall–Kier alpha value is -0.570. The van der Waals surface area contributed by atoms with Gasteiger partial charge in [0.2, 0.25) is 5.91 Å². The fraction of sp³-hybridized carbons (Fsp3) is 0.944. The zero-order chi connectivity index (χ0) is 14.5. The first kappa shape index (κ1) is 15.3. The molecule has 0 radical (unpaired) electrons. The Morgan fingerprint density at radius 2 is 1.57 bits per heavy atom. The Balaban J connectivity index is 1.44. The SMILES string of the molecule is O=C(CN1CCC[C@H]1C1CCC1)NC1CCCCCCC1.